The second kappa shape index (κ2) is 10.1. The molecule has 6 nitrogen and oxygen atoms in total. The van der Waals surface area contributed by atoms with Crippen LogP contribution in [0.3, 0.4) is 0 Å². The van der Waals surface area contributed by atoms with Crippen molar-refractivity contribution in [2.75, 3.05) is 6.61 Å². The van der Waals surface area contributed by atoms with Gasteiger partial charge in [-0.05, 0) is 54.1 Å². The number of amides is 1. The molecule has 0 saturated heterocycles. The van der Waals surface area contributed by atoms with Crippen LogP contribution in [0.4, 0.5) is 0 Å². The maximum Gasteiger partial charge on any atom is 0.345 e. The molecule has 0 aliphatic rings. The minimum Gasteiger partial charge on any atom is -0.484 e. The third-order valence-electron chi connectivity index (χ3n) is 3.70. The highest BCUT2D eigenvalue weighted by molar-refractivity contribution is 6.33. The number of ether oxygens (including phenoxy) is 2. The lowest BCUT2D eigenvalue weighted by Crippen LogP contribution is -2.24. The van der Waals surface area contributed by atoms with Crippen LogP contribution in [-0.2, 0) is 4.79 Å². The zero-order valence-corrected chi connectivity index (χ0v) is 16.0. The molecule has 0 bridgehead atoms. The molecule has 0 aliphatic carbocycles. The molecule has 0 aromatic heterocycles. The molecule has 0 fully saturated rings. The van der Waals surface area contributed by atoms with Crippen molar-refractivity contribution in [1.82, 2.24) is 5.43 Å². The number of nitrogens with one attached hydrogen (secondary N) is 1. The number of halogens is 1. The molecule has 0 radical (unpaired) electrons. The number of hydrogen-bond acceptors (Lipinski definition) is 5. The summed E-state index contributed by atoms with van der Waals surface area (Å²) in [5.41, 5.74) is 3.39. The summed E-state index contributed by atoms with van der Waals surface area (Å²) in [6.07, 6.45) is 1.47. The Balaban J connectivity index is 1.48. The fourth-order valence-corrected chi connectivity index (χ4v) is 2.50. The third kappa shape index (κ3) is 6.19. The van der Waals surface area contributed by atoms with Crippen molar-refractivity contribution < 1.29 is 19.1 Å². The smallest absolute Gasteiger partial charge is 0.345 e. The Morgan fingerprint density at radius 2 is 1.59 bits per heavy atom. The molecule has 1 amide bonds. The Morgan fingerprint density at radius 1 is 0.897 bits per heavy atom. The summed E-state index contributed by atoms with van der Waals surface area (Å²) in [5.74, 6) is 0.0546. The fourth-order valence-electron chi connectivity index (χ4n) is 2.29. The molecule has 3 rings (SSSR count). The lowest BCUT2D eigenvalue weighted by atomic mass is 10.2. The first-order chi connectivity index (χ1) is 14.1. The summed E-state index contributed by atoms with van der Waals surface area (Å²) in [6.45, 7) is -0.141. The van der Waals surface area contributed by atoms with E-state index in [2.05, 4.69) is 10.5 Å². The molecule has 3 aromatic carbocycles. The minimum atomic E-state index is -0.539. The van der Waals surface area contributed by atoms with E-state index in [1.54, 1.807) is 60.7 Å². The van der Waals surface area contributed by atoms with Crippen molar-refractivity contribution in [3.8, 4) is 11.5 Å². The molecule has 0 heterocycles. The van der Waals surface area contributed by atoms with Crippen LogP contribution in [0.25, 0.3) is 0 Å². The lowest BCUT2D eigenvalue weighted by Gasteiger charge is -2.06. The molecule has 29 heavy (non-hydrogen) atoms. The van der Waals surface area contributed by atoms with Crippen LogP contribution in [-0.4, -0.2) is 24.7 Å². The molecule has 0 spiro atoms. The molecule has 3 aromatic rings. The van der Waals surface area contributed by atoms with E-state index in [4.69, 9.17) is 21.1 Å². The van der Waals surface area contributed by atoms with Gasteiger partial charge in [0, 0.05) is 0 Å². The Morgan fingerprint density at radius 3 is 2.31 bits per heavy atom. The molecular formula is C22H17ClN2O4. The molecule has 0 saturated carbocycles. The van der Waals surface area contributed by atoms with Crippen molar-refractivity contribution in [2.24, 2.45) is 5.10 Å². The van der Waals surface area contributed by atoms with E-state index >= 15 is 0 Å². The SMILES string of the molecule is O=C(COc1ccccc1)N/N=C\c1ccc(OC(=O)c2ccccc2Cl)cc1. The van der Waals surface area contributed by atoms with Gasteiger partial charge in [0.15, 0.2) is 6.61 Å². The Bertz CT molecular complexity index is 1000. The minimum absolute atomic E-state index is 0.141. The predicted molar refractivity (Wildman–Crippen MR) is 111 cm³/mol. The summed E-state index contributed by atoms with van der Waals surface area (Å²) >= 11 is 5.99. The average Bonchev–Trinajstić information content (AvgIpc) is 2.74. The van der Waals surface area contributed by atoms with Gasteiger partial charge in [0.2, 0.25) is 0 Å². The molecule has 0 unspecified atom stereocenters. The van der Waals surface area contributed by atoms with Crippen molar-refractivity contribution in [3.05, 3.63) is 95.0 Å². The first kappa shape index (κ1) is 20.1. The van der Waals surface area contributed by atoms with E-state index in [0.29, 0.717) is 27.6 Å². The summed E-state index contributed by atoms with van der Waals surface area (Å²) < 4.78 is 10.6. The number of benzene rings is 3. The molecule has 1 N–H and O–H groups in total. The number of carbonyl (C=O) groups excluding carboxylic acids is 2. The number of rotatable bonds is 7. The van der Waals surface area contributed by atoms with Gasteiger partial charge < -0.3 is 9.47 Å². The quantitative estimate of drug-likeness (QED) is 0.276. The van der Waals surface area contributed by atoms with Gasteiger partial charge in [0.25, 0.3) is 5.91 Å². The number of carbonyl (C=O) groups is 2. The van der Waals surface area contributed by atoms with Crippen LogP contribution in [0.1, 0.15) is 15.9 Å². The number of nitrogens with zero attached hydrogens (tertiary/aromatic N) is 1. The van der Waals surface area contributed by atoms with Gasteiger partial charge in [0.1, 0.15) is 11.5 Å². The highest BCUT2D eigenvalue weighted by Gasteiger charge is 2.11. The summed E-state index contributed by atoms with van der Waals surface area (Å²) in [7, 11) is 0. The predicted octanol–water partition coefficient (Wildman–Crippen LogP) is 4.09. The van der Waals surface area contributed by atoms with E-state index in [1.165, 1.54) is 6.21 Å². The van der Waals surface area contributed by atoms with Gasteiger partial charge in [-0.3, -0.25) is 4.79 Å². The molecule has 0 aliphatic heterocycles. The monoisotopic (exact) mass is 408 g/mol. The summed E-state index contributed by atoms with van der Waals surface area (Å²) in [4.78, 5) is 23.9. The summed E-state index contributed by atoms with van der Waals surface area (Å²) in [6, 6.07) is 22.3. The van der Waals surface area contributed by atoms with Crippen molar-refractivity contribution in [3.63, 3.8) is 0 Å². The topological polar surface area (TPSA) is 77.0 Å². The van der Waals surface area contributed by atoms with Gasteiger partial charge in [-0.2, -0.15) is 5.10 Å². The number of para-hydroxylation sites is 1. The third-order valence-corrected chi connectivity index (χ3v) is 4.03. The van der Waals surface area contributed by atoms with E-state index in [0.717, 1.165) is 0 Å². The zero-order chi connectivity index (χ0) is 20.5. The van der Waals surface area contributed by atoms with Gasteiger partial charge in [-0.1, -0.05) is 41.9 Å². The molecule has 7 heteroatoms. The molecule has 146 valence electrons. The Hall–Kier alpha value is -3.64. The summed E-state index contributed by atoms with van der Waals surface area (Å²) in [5, 5.41) is 4.20. The van der Waals surface area contributed by atoms with Crippen LogP contribution in [0, 0.1) is 0 Å². The second-order valence-corrected chi connectivity index (χ2v) is 6.24. The molecular weight excluding hydrogens is 392 g/mol. The Kier molecular flexibility index (Phi) is 6.97. The first-order valence-electron chi connectivity index (χ1n) is 8.68. The van der Waals surface area contributed by atoms with Gasteiger partial charge >= 0.3 is 5.97 Å². The van der Waals surface area contributed by atoms with Gasteiger partial charge in [-0.25, -0.2) is 10.2 Å². The zero-order valence-electron chi connectivity index (χ0n) is 15.2. The standard InChI is InChI=1S/C22H17ClN2O4/c23-20-9-5-4-8-19(20)22(27)29-18-12-10-16(11-13-18)14-24-25-21(26)15-28-17-6-2-1-3-7-17/h1-14H,15H2,(H,25,26)/b24-14-. The highest BCUT2D eigenvalue weighted by Crippen LogP contribution is 2.18. The highest BCUT2D eigenvalue weighted by atomic mass is 35.5. The average molecular weight is 409 g/mol. The number of hydrogen-bond donors (Lipinski definition) is 1. The van der Waals surface area contributed by atoms with Crippen LogP contribution in [0.15, 0.2) is 84.0 Å². The van der Waals surface area contributed by atoms with E-state index in [1.807, 2.05) is 18.2 Å². The van der Waals surface area contributed by atoms with Crippen LogP contribution in [0.2, 0.25) is 5.02 Å². The largest absolute Gasteiger partial charge is 0.484 e. The number of esters is 1. The first-order valence-corrected chi connectivity index (χ1v) is 9.06. The van der Waals surface area contributed by atoms with Crippen molar-refractivity contribution in [2.45, 2.75) is 0 Å². The van der Waals surface area contributed by atoms with Crippen LogP contribution < -0.4 is 14.9 Å². The lowest BCUT2D eigenvalue weighted by molar-refractivity contribution is -0.123. The van der Waals surface area contributed by atoms with Crippen molar-refractivity contribution >= 4 is 29.7 Å². The van der Waals surface area contributed by atoms with E-state index < -0.39 is 5.97 Å². The van der Waals surface area contributed by atoms with Crippen LogP contribution in [0.5, 0.6) is 11.5 Å². The normalized spacial score (nSPS) is 10.5. The van der Waals surface area contributed by atoms with Crippen LogP contribution >= 0.6 is 11.6 Å². The van der Waals surface area contributed by atoms with Gasteiger partial charge in [-0.15, -0.1) is 0 Å². The van der Waals surface area contributed by atoms with E-state index in [9.17, 15) is 9.59 Å². The maximum atomic E-state index is 12.1. The second-order valence-electron chi connectivity index (χ2n) is 5.83. The van der Waals surface area contributed by atoms with E-state index in [-0.39, 0.29) is 12.5 Å². The maximum absolute atomic E-state index is 12.1. The Labute approximate surface area is 172 Å². The molecule has 0 atom stereocenters. The van der Waals surface area contributed by atoms with Gasteiger partial charge in [0.05, 0.1) is 16.8 Å². The van der Waals surface area contributed by atoms with Crippen molar-refractivity contribution in [1.29, 1.82) is 0 Å². The fraction of sp³-hybridized carbons (Fsp3) is 0.0455. The number of hydrazone groups is 1.